The van der Waals surface area contributed by atoms with E-state index in [-0.39, 0.29) is 0 Å². The van der Waals surface area contributed by atoms with Crippen LogP contribution in [0.3, 0.4) is 0 Å². The van der Waals surface area contributed by atoms with E-state index in [0.29, 0.717) is 5.92 Å². The molecule has 0 radical (unpaired) electrons. The van der Waals surface area contributed by atoms with Crippen LogP contribution in [-0.2, 0) is 0 Å². The Morgan fingerprint density at radius 2 is 1.72 bits per heavy atom. The Morgan fingerprint density at radius 3 is 2.41 bits per heavy atom. The molecule has 0 aliphatic heterocycles. The van der Waals surface area contributed by atoms with Crippen LogP contribution in [0, 0.1) is 12.8 Å². The Labute approximate surface area is 190 Å². The van der Waals surface area contributed by atoms with Gasteiger partial charge in [-0.3, -0.25) is 9.97 Å². The first kappa shape index (κ1) is 21.4. The summed E-state index contributed by atoms with van der Waals surface area (Å²) in [5.41, 5.74) is 9.43. The van der Waals surface area contributed by atoms with Gasteiger partial charge in [-0.05, 0) is 67.2 Å². The van der Waals surface area contributed by atoms with Crippen LogP contribution in [0.25, 0.3) is 16.7 Å². The zero-order valence-electron chi connectivity index (χ0n) is 18.7. The highest BCUT2D eigenvalue weighted by atomic mass is 14.9. The summed E-state index contributed by atoms with van der Waals surface area (Å²) in [4.78, 5) is 8.76. The van der Waals surface area contributed by atoms with E-state index < -0.39 is 0 Å². The van der Waals surface area contributed by atoms with E-state index in [0.717, 1.165) is 56.4 Å². The minimum Gasteiger partial charge on any atom is -0.388 e. The molecule has 162 valence electrons. The molecule has 4 rings (SSSR count). The molecule has 2 aromatic heterocycles. The monoisotopic (exact) mass is 423 g/mol. The molecule has 0 amide bonds. The number of hydrogen-bond donors (Lipinski definition) is 3. The molecule has 0 saturated heterocycles. The van der Waals surface area contributed by atoms with E-state index in [1.165, 1.54) is 12.8 Å². The van der Waals surface area contributed by atoms with Gasteiger partial charge in [0.2, 0.25) is 0 Å². The van der Waals surface area contributed by atoms with E-state index in [4.69, 9.17) is 0 Å². The fourth-order valence-corrected chi connectivity index (χ4v) is 3.53. The summed E-state index contributed by atoms with van der Waals surface area (Å²) in [5.74, 6) is 0.589. The van der Waals surface area contributed by atoms with Crippen LogP contribution in [0.1, 0.15) is 24.1 Å². The summed E-state index contributed by atoms with van der Waals surface area (Å²) in [6, 6.07) is 12.3. The fraction of sp³-hybridized carbons (Fsp3) is 0.185. The highest BCUT2D eigenvalue weighted by Crippen LogP contribution is 2.36. The van der Waals surface area contributed by atoms with Gasteiger partial charge in [-0.2, -0.15) is 0 Å². The topological polar surface area (TPSA) is 61.9 Å². The number of rotatable bonds is 9. The Morgan fingerprint density at radius 1 is 0.906 bits per heavy atom. The van der Waals surface area contributed by atoms with Crippen molar-refractivity contribution in [2.75, 3.05) is 23.0 Å². The average Bonchev–Trinajstić information content (AvgIpc) is 3.65. The Bertz CT molecular complexity index is 1170. The molecule has 0 atom stereocenters. The summed E-state index contributed by atoms with van der Waals surface area (Å²) in [7, 11) is 1.90. The number of nitrogens with one attached hydrogen (secondary N) is 3. The first-order chi connectivity index (χ1) is 15.4. The zero-order valence-corrected chi connectivity index (χ0v) is 18.7. The van der Waals surface area contributed by atoms with E-state index in [1.807, 2.05) is 38.5 Å². The number of benzene rings is 1. The van der Waals surface area contributed by atoms with Crippen LogP contribution < -0.4 is 16.0 Å². The minimum absolute atomic E-state index is 0.589. The molecule has 5 nitrogen and oxygen atoms in total. The van der Waals surface area contributed by atoms with Crippen molar-refractivity contribution in [1.82, 2.24) is 9.97 Å². The van der Waals surface area contributed by atoms with Crippen LogP contribution >= 0.6 is 0 Å². The van der Waals surface area contributed by atoms with Crippen molar-refractivity contribution in [1.29, 1.82) is 0 Å². The normalized spacial score (nSPS) is 12.7. The number of nitrogens with zero attached hydrogens (tertiary/aromatic N) is 2. The molecule has 3 N–H and O–H groups in total. The number of pyridine rings is 2. The van der Waals surface area contributed by atoms with Crippen molar-refractivity contribution in [3.05, 3.63) is 97.4 Å². The zero-order chi connectivity index (χ0) is 22.7. The van der Waals surface area contributed by atoms with Crippen LogP contribution in [0.15, 0.2) is 86.1 Å². The van der Waals surface area contributed by atoms with Gasteiger partial charge < -0.3 is 16.0 Å². The summed E-state index contributed by atoms with van der Waals surface area (Å²) in [5, 5.41) is 9.97. The van der Waals surface area contributed by atoms with Crippen LogP contribution in [0.2, 0.25) is 0 Å². The molecule has 1 fully saturated rings. The maximum atomic E-state index is 4.43. The van der Waals surface area contributed by atoms with Crippen LogP contribution in [-0.4, -0.2) is 17.0 Å². The van der Waals surface area contributed by atoms with Gasteiger partial charge in [-0.1, -0.05) is 25.8 Å². The van der Waals surface area contributed by atoms with Gasteiger partial charge in [0.15, 0.2) is 0 Å². The van der Waals surface area contributed by atoms with Crippen molar-refractivity contribution in [2.24, 2.45) is 5.92 Å². The summed E-state index contributed by atoms with van der Waals surface area (Å²) < 4.78 is 0. The maximum absolute atomic E-state index is 4.43. The van der Waals surface area contributed by atoms with Crippen molar-refractivity contribution >= 4 is 22.6 Å². The summed E-state index contributed by atoms with van der Waals surface area (Å²) in [6.45, 7) is 14.6. The lowest BCUT2D eigenvalue weighted by atomic mass is 9.97. The van der Waals surface area contributed by atoms with Crippen molar-refractivity contribution in [3.63, 3.8) is 0 Å². The minimum atomic E-state index is 0.589. The predicted octanol–water partition coefficient (Wildman–Crippen LogP) is 6.47. The smallest absolute Gasteiger partial charge is 0.0574 e. The Hall–Kier alpha value is -3.86. The van der Waals surface area contributed by atoms with Crippen LogP contribution in [0.4, 0.5) is 17.1 Å². The highest BCUT2D eigenvalue weighted by molar-refractivity contribution is 5.88. The first-order valence-electron chi connectivity index (χ1n) is 10.8. The summed E-state index contributed by atoms with van der Waals surface area (Å²) >= 11 is 0. The molecule has 0 unspecified atom stereocenters. The molecule has 1 saturated carbocycles. The molecule has 3 aromatic rings. The van der Waals surface area contributed by atoms with Crippen molar-refractivity contribution in [2.45, 2.75) is 19.8 Å². The first-order valence-corrected chi connectivity index (χ1v) is 10.8. The summed E-state index contributed by atoms with van der Waals surface area (Å²) in [6.07, 6.45) is 7.93. The van der Waals surface area contributed by atoms with Crippen molar-refractivity contribution < 1.29 is 0 Å². The number of hydrogen-bond acceptors (Lipinski definition) is 5. The molecule has 1 aliphatic carbocycles. The molecule has 1 aromatic carbocycles. The lowest BCUT2D eigenvalue weighted by Crippen LogP contribution is -2.03. The number of allylic oxidation sites excluding steroid dienone is 2. The largest absolute Gasteiger partial charge is 0.388 e. The molecular weight excluding hydrogens is 394 g/mol. The second-order valence-corrected chi connectivity index (χ2v) is 8.17. The predicted molar refractivity (Wildman–Crippen MR) is 135 cm³/mol. The molecular formula is C27H29N5. The van der Waals surface area contributed by atoms with Gasteiger partial charge in [0.25, 0.3) is 0 Å². The van der Waals surface area contributed by atoms with Gasteiger partial charge in [0.05, 0.1) is 23.8 Å². The third-order valence-corrected chi connectivity index (χ3v) is 5.63. The molecule has 0 bridgehead atoms. The molecule has 5 heteroatoms. The lowest BCUT2D eigenvalue weighted by molar-refractivity contribution is 1.02. The van der Waals surface area contributed by atoms with Gasteiger partial charge in [0, 0.05) is 47.1 Å². The molecule has 2 heterocycles. The number of aromatic nitrogens is 2. The standard InChI is InChI=1S/C27H29N5/c1-17-6-10-24(16-30-17)31-19(3)18(2)26-13-22(9-11-27(26)28-5)23-12-25(15-29-14-23)32-20(4)21-7-8-21/h6,9-16,21,28,31-32H,2-4,7-8H2,1,5H3. The third kappa shape index (κ3) is 4.89. The Kier molecular flexibility index (Phi) is 6.08. The highest BCUT2D eigenvalue weighted by Gasteiger charge is 2.24. The SMILES string of the molecule is C=C(Nc1ccc(C)nc1)C(=C)c1cc(-c2cncc(NC(=C)C3CC3)c2)ccc1NC. The maximum Gasteiger partial charge on any atom is 0.0574 e. The van der Waals surface area contributed by atoms with Gasteiger partial charge >= 0.3 is 0 Å². The van der Waals surface area contributed by atoms with Gasteiger partial charge in [-0.15, -0.1) is 0 Å². The number of aryl methyl sites for hydroxylation is 1. The van der Waals surface area contributed by atoms with E-state index in [9.17, 15) is 0 Å². The van der Waals surface area contributed by atoms with E-state index in [1.54, 1.807) is 6.20 Å². The van der Waals surface area contributed by atoms with Gasteiger partial charge in [0.1, 0.15) is 0 Å². The fourth-order valence-electron chi connectivity index (χ4n) is 3.53. The third-order valence-electron chi connectivity index (χ3n) is 5.63. The van der Waals surface area contributed by atoms with E-state index in [2.05, 4.69) is 69.9 Å². The second-order valence-electron chi connectivity index (χ2n) is 8.17. The van der Waals surface area contributed by atoms with Gasteiger partial charge in [-0.25, -0.2) is 0 Å². The van der Waals surface area contributed by atoms with Crippen molar-refractivity contribution in [3.8, 4) is 11.1 Å². The van der Waals surface area contributed by atoms with E-state index >= 15 is 0 Å². The molecule has 1 aliphatic rings. The number of anilines is 3. The average molecular weight is 424 g/mol. The Balaban J connectivity index is 1.58. The van der Waals surface area contributed by atoms with Crippen LogP contribution in [0.5, 0.6) is 0 Å². The molecule has 32 heavy (non-hydrogen) atoms. The second kappa shape index (κ2) is 9.10. The lowest BCUT2D eigenvalue weighted by Gasteiger charge is -2.17. The molecule has 0 spiro atoms. The quantitative estimate of drug-likeness (QED) is 0.344.